The monoisotopic (exact) mass is 296 g/mol. The number of carbonyl (C=O) groups excluding carboxylic acids is 1. The van der Waals surface area contributed by atoms with Crippen LogP contribution in [0.2, 0.25) is 5.02 Å². The second-order valence-electron chi connectivity index (χ2n) is 5.69. The molecule has 110 valence electrons. The molecule has 20 heavy (non-hydrogen) atoms. The number of benzene rings is 1. The molecule has 1 aromatic rings. The van der Waals surface area contributed by atoms with Crippen LogP contribution >= 0.6 is 11.6 Å². The van der Waals surface area contributed by atoms with E-state index >= 15 is 0 Å². The van der Waals surface area contributed by atoms with Gasteiger partial charge in [-0.05, 0) is 38.0 Å². The van der Waals surface area contributed by atoms with E-state index in [2.05, 4.69) is 10.2 Å². The molecule has 2 rings (SSSR count). The third-order valence-electron chi connectivity index (χ3n) is 4.05. The van der Waals surface area contributed by atoms with Crippen molar-refractivity contribution in [3.63, 3.8) is 0 Å². The molecule has 1 amide bonds. The molecule has 0 spiro atoms. The van der Waals surface area contributed by atoms with Crippen LogP contribution in [0.25, 0.3) is 0 Å². The molecule has 1 saturated heterocycles. The number of nitrogens with one attached hydrogen (secondary N) is 1. The van der Waals surface area contributed by atoms with Gasteiger partial charge in [0.2, 0.25) is 5.91 Å². The maximum atomic E-state index is 11.9. The van der Waals surface area contributed by atoms with E-state index in [9.17, 15) is 9.90 Å². The first-order chi connectivity index (χ1) is 9.37. The van der Waals surface area contributed by atoms with E-state index in [0.717, 1.165) is 24.2 Å². The lowest BCUT2D eigenvalue weighted by molar-refractivity contribution is -0.128. The molecule has 1 fully saturated rings. The zero-order chi connectivity index (χ0) is 14.9. The molecule has 1 aliphatic rings. The molecule has 2 atom stereocenters. The Balaban J connectivity index is 2.19. The predicted molar refractivity (Wildman–Crippen MR) is 81.1 cm³/mol. The second kappa shape index (κ2) is 5.62. The van der Waals surface area contributed by atoms with Crippen molar-refractivity contribution in [3.05, 3.63) is 28.8 Å². The summed E-state index contributed by atoms with van der Waals surface area (Å²) < 4.78 is 0. The van der Waals surface area contributed by atoms with Crippen LogP contribution in [0.1, 0.15) is 31.9 Å². The Morgan fingerprint density at radius 2 is 2.25 bits per heavy atom. The van der Waals surface area contributed by atoms with E-state index in [1.165, 1.54) is 0 Å². The molecular formula is C15H21ClN2O2. The summed E-state index contributed by atoms with van der Waals surface area (Å²) in [5.74, 6) is 0.0756. The molecule has 0 bridgehead atoms. The Morgan fingerprint density at radius 3 is 2.80 bits per heavy atom. The van der Waals surface area contributed by atoms with Crippen LogP contribution in [-0.4, -0.2) is 31.2 Å². The van der Waals surface area contributed by atoms with E-state index in [1.807, 2.05) is 25.1 Å². The van der Waals surface area contributed by atoms with Gasteiger partial charge in [0.1, 0.15) is 0 Å². The van der Waals surface area contributed by atoms with Crippen molar-refractivity contribution in [2.45, 2.75) is 26.4 Å². The summed E-state index contributed by atoms with van der Waals surface area (Å²) in [4.78, 5) is 14.1. The van der Waals surface area contributed by atoms with E-state index in [1.54, 1.807) is 14.0 Å². The van der Waals surface area contributed by atoms with Gasteiger partial charge in [-0.1, -0.05) is 17.7 Å². The summed E-state index contributed by atoms with van der Waals surface area (Å²) in [6, 6.07) is 5.65. The molecule has 1 aromatic carbocycles. The van der Waals surface area contributed by atoms with Crippen LogP contribution in [0, 0.1) is 5.41 Å². The summed E-state index contributed by atoms with van der Waals surface area (Å²) in [5, 5.41) is 12.9. The summed E-state index contributed by atoms with van der Waals surface area (Å²) in [6.45, 7) is 5.18. The van der Waals surface area contributed by atoms with Crippen molar-refractivity contribution in [1.82, 2.24) is 5.32 Å². The standard InChI is InChI=1S/C15H21ClN2O2/c1-10(19)12-5-4-11(8-13(12)16)18-7-6-15(2,9-18)14(20)17-3/h4-5,8,10,19H,6-7,9H2,1-3H3,(H,17,20). The van der Waals surface area contributed by atoms with Gasteiger partial charge < -0.3 is 15.3 Å². The third kappa shape index (κ3) is 2.76. The molecule has 1 aliphatic heterocycles. The van der Waals surface area contributed by atoms with Crippen molar-refractivity contribution in [2.75, 3.05) is 25.0 Å². The molecule has 0 aliphatic carbocycles. The molecule has 0 saturated carbocycles. The first kappa shape index (κ1) is 15.1. The Labute approximate surface area is 124 Å². The number of hydrogen-bond donors (Lipinski definition) is 2. The molecule has 1 heterocycles. The molecule has 5 heteroatoms. The van der Waals surface area contributed by atoms with Gasteiger partial charge in [-0.3, -0.25) is 4.79 Å². The normalized spacial score (nSPS) is 23.8. The lowest BCUT2D eigenvalue weighted by Crippen LogP contribution is -2.39. The highest BCUT2D eigenvalue weighted by Gasteiger charge is 2.39. The van der Waals surface area contributed by atoms with Crippen LogP contribution in [-0.2, 0) is 4.79 Å². The number of nitrogens with zero attached hydrogens (tertiary/aromatic N) is 1. The number of hydrogen-bond acceptors (Lipinski definition) is 3. The average Bonchev–Trinajstić information content (AvgIpc) is 2.81. The van der Waals surface area contributed by atoms with Crippen molar-refractivity contribution >= 4 is 23.2 Å². The van der Waals surface area contributed by atoms with Gasteiger partial charge >= 0.3 is 0 Å². The number of rotatable bonds is 3. The van der Waals surface area contributed by atoms with Gasteiger partial charge in [-0.2, -0.15) is 0 Å². The second-order valence-corrected chi connectivity index (χ2v) is 6.10. The van der Waals surface area contributed by atoms with Gasteiger partial charge in [0, 0.05) is 30.8 Å². The first-order valence-corrected chi connectivity index (χ1v) is 7.20. The fraction of sp³-hybridized carbons (Fsp3) is 0.533. The molecule has 0 aromatic heterocycles. The van der Waals surface area contributed by atoms with Gasteiger partial charge in [0.15, 0.2) is 0 Å². The SMILES string of the molecule is CNC(=O)C1(C)CCN(c2ccc(C(C)O)c(Cl)c2)C1. The van der Waals surface area contributed by atoms with Crippen molar-refractivity contribution in [3.8, 4) is 0 Å². The van der Waals surface area contributed by atoms with E-state index in [0.29, 0.717) is 11.6 Å². The zero-order valence-electron chi connectivity index (χ0n) is 12.1. The Kier molecular flexibility index (Phi) is 4.25. The maximum absolute atomic E-state index is 11.9. The number of aliphatic hydroxyl groups is 1. The van der Waals surface area contributed by atoms with Gasteiger partial charge in [-0.15, -0.1) is 0 Å². The van der Waals surface area contributed by atoms with E-state index in [-0.39, 0.29) is 11.3 Å². The largest absolute Gasteiger partial charge is 0.389 e. The highest BCUT2D eigenvalue weighted by molar-refractivity contribution is 6.31. The number of amides is 1. The topological polar surface area (TPSA) is 52.6 Å². The third-order valence-corrected chi connectivity index (χ3v) is 4.38. The quantitative estimate of drug-likeness (QED) is 0.900. The summed E-state index contributed by atoms with van der Waals surface area (Å²) >= 11 is 6.20. The Bertz CT molecular complexity index is 519. The van der Waals surface area contributed by atoms with Crippen molar-refractivity contribution in [2.24, 2.45) is 5.41 Å². The first-order valence-electron chi connectivity index (χ1n) is 6.82. The summed E-state index contributed by atoms with van der Waals surface area (Å²) in [6.07, 6.45) is 0.244. The van der Waals surface area contributed by atoms with Crippen molar-refractivity contribution in [1.29, 1.82) is 0 Å². The van der Waals surface area contributed by atoms with E-state index in [4.69, 9.17) is 11.6 Å². The minimum atomic E-state index is -0.578. The molecule has 0 radical (unpaired) electrons. The van der Waals surface area contributed by atoms with Crippen LogP contribution in [0.5, 0.6) is 0 Å². The van der Waals surface area contributed by atoms with Crippen LogP contribution in [0.3, 0.4) is 0 Å². The minimum absolute atomic E-state index is 0.0756. The number of anilines is 1. The van der Waals surface area contributed by atoms with Crippen LogP contribution in [0.15, 0.2) is 18.2 Å². The number of halogens is 1. The predicted octanol–water partition coefficient (Wildman–Crippen LogP) is 2.36. The summed E-state index contributed by atoms with van der Waals surface area (Å²) in [5.41, 5.74) is 1.36. The smallest absolute Gasteiger partial charge is 0.227 e. The fourth-order valence-electron chi connectivity index (χ4n) is 2.72. The zero-order valence-corrected chi connectivity index (χ0v) is 12.9. The minimum Gasteiger partial charge on any atom is -0.389 e. The van der Waals surface area contributed by atoms with Crippen LogP contribution in [0.4, 0.5) is 5.69 Å². The van der Waals surface area contributed by atoms with Gasteiger partial charge in [0.05, 0.1) is 11.5 Å². The molecular weight excluding hydrogens is 276 g/mol. The van der Waals surface area contributed by atoms with Gasteiger partial charge in [0.25, 0.3) is 0 Å². The van der Waals surface area contributed by atoms with Crippen LogP contribution < -0.4 is 10.2 Å². The molecule has 2 unspecified atom stereocenters. The highest BCUT2D eigenvalue weighted by atomic mass is 35.5. The lowest BCUT2D eigenvalue weighted by Gasteiger charge is -2.24. The fourth-order valence-corrected chi connectivity index (χ4v) is 3.05. The number of aliphatic hydroxyl groups excluding tert-OH is 1. The average molecular weight is 297 g/mol. The highest BCUT2D eigenvalue weighted by Crippen LogP contribution is 2.35. The van der Waals surface area contributed by atoms with Crippen molar-refractivity contribution < 1.29 is 9.90 Å². The molecule has 4 nitrogen and oxygen atoms in total. The molecule has 2 N–H and O–H groups in total. The summed E-state index contributed by atoms with van der Waals surface area (Å²) in [7, 11) is 1.67. The Hall–Kier alpha value is -1.26. The Morgan fingerprint density at radius 1 is 1.55 bits per heavy atom. The van der Waals surface area contributed by atoms with E-state index < -0.39 is 6.10 Å². The van der Waals surface area contributed by atoms with Gasteiger partial charge in [-0.25, -0.2) is 0 Å². The lowest BCUT2D eigenvalue weighted by atomic mass is 9.89. The number of carbonyl (C=O) groups is 1. The maximum Gasteiger partial charge on any atom is 0.227 e.